The van der Waals surface area contributed by atoms with Crippen molar-refractivity contribution in [3.63, 3.8) is 0 Å². The maximum absolute atomic E-state index is 13.0. The van der Waals surface area contributed by atoms with Crippen LogP contribution in [-0.4, -0.2) is 41.4 Å². The van der Waals surface area contributed by atoms with E-state index in [2.05, 4.69) is 4.74 Å². The Labute approximate surface area is 177 Å². The van der Waals surface area contributed by atoms with E-state index in [-0.39, 0.29) is 11.7 Å². The molecule has 2 N–H and O–H groups in total. The number of alkyl halides is 3. The fraction of sp³-hybridized carbons (Fsp3) is 0.261. The third kappa shape index (κ3) is 4.29. The van der Waals surface area contributed by atoms with Crippen LogP contribution in [0.15, 0.2) is 54.6 Å². The van der Waals surface area contributed by atoms with Crippen molar-refractivity contribution in [2.24, 2.45) is 5.73 Å². The Balaban J connectivity index is 1.82. The molecule has 0 aliphatic carbocycles. The van der Waals surface area contributed by atoms with Crippen molar-refractivity contribution in [2.75, 3.05) is 19.6 Å². The third-order valence-corrected chi connectivity index (χ3v) is 5.29. The molecule has 162 valence electrons. The van der Waals surface area contributed by atoms with Gasteiger partial charge in [0.1, 0.15) is 11.4 Å². The van der Waals surface area contributed by atoms with Crippen molar-refractivity contribution in [1.82, 2.24) is 9.47 Å². The van der Waals surface area contributed by atoms with Gasteiger partial charge in [0, 0.05) is 31.7 Å². The summed E-state index contributed by atoms with van der Waals surface area (Å²) in [5.41, 5.74) is 10.5. The average molecular weight is 429 g/mol. The number of rotatable bonds is 5. The van der Waals surface area contributed by atoms with Gasteiger partial charge in [-0.3, -0.25) is 4.79 Å². The van der Waals surface area contributed by atoms with Crippen LogP contribution in [-0.2, 0) is 6.54 Å². The zero-order chi connectivity index (χ0) is 22.2. The minimum absolute atomic E-state index is 0.103. The number of halogens is 3. The summed E-state index contributed by atoms with van der Waals surface area (Å²) in [6, 6.07) is 15.4. The zero-order valence-electron chi connectivity index (χ0n) is 16.9. The molecule has 2 heterocycles. The van der Waals surface area contributed by atoms with Crippen molar-refractivity contribution >= 4 is 5.91 Å². The second-order valence-electron chi connectivity index (χ2n) is 7.47. The SMILES string of the molecule is Cc1cccc(-c2c(-c3ccc(OC(F)(F)F)cc3)cc3n2CCN(CCN)C3=O)c1. The highest BCUT2D eigenvalue weighted by Gasteiger charge is 2.32. The van der Waals surface area contributed by atoms with E-state index in [0.717, 1.165) is 22.4 Å². The molecule has 3 aromatic rings. The number of ether oxygens (including phenoxy) is 1. The molecule has 0 saturated heterocycles. The smallest absolute Gasteiger partial charge is 0.406 e. The number of hydrogen-bond acceptors (Lipinski definition) is 3. The normalized spacial score (nSPS) is 14.0. The molecule has 1 aliphatic heterocycles. The summed E-state index contributed by atoms with van der Waals surface area (Å²) in [5, 5.41) is 0. The van der Waals surface area contributed by atoms with Crippen molar-refractivity contribution in [3.05, 3.63) is 65.9 Å². The van der Waals surface area contributed by atoms with Crippen molar-refractivity contribution in [2.45, 2.75) is 19.8 Å². The highest BCUT2D eigenvalue weighted by Crippen LogP contribution is 2.38. The van der Waals surface area contributed by atoms with Gasteiger partial charge in [0.05, 0.1) is 5.69 Å². The van der Waals surface area contributed by atoms with Crippen molar-refractivity contribution in [1.29, 1.82) is 0 Å². The summed E-state index contributed by atoms with van der Waals surface area (Å²) in [6.45, 7) is 4.00. The van der Waals surface area contributed by atoms with E-state index in [1.807, 2.05) is 41.8 Å². The number of nitrogens with two attached hydrogens (primary N) is 1. The van der Waals surface area contributed by atoms with Gasteiger partial charge in [-0.1, -0.05) is 35.9 Å². The van der Waals surface area contributed by atoms with Crippen LogP contribution in [0.1, 0.15) is 16.1 Å². The lowest BCUT2D eigenvalue weighted by Crippen LogP contribution is -2.42. The van der Waals surface area contributed by atoms with E-state index in [0.29, 0.717) is 37.4 Å². The molecule has 0 spiro atoms. The Morgan fingerprint density at radius 3 is 2.42 bits per heavy atom. The van der Waals surface area contributed by atoms with Crippen molar-refractivity contribution in [3.8, 4) is 28.1 Å². The zero-order valence-corrected chi connectivity index (χ0v) is 16.9. The lowest BCUT2D eigenvalue weighted by atomic mass is 10.00. The van der Waals surface area contributed by atoms with Crippen LogP contribution in [0.5, 0.6) is 5.75 Å². The molecule has 2 aromatic carbocycles. The second-order valence-corrected chi connectivity index (χ2v) is 7.47. The standard InChI is InChI=1S/C23H22F3N3O2/c1-15-3-2-4-17(13-15)21-19(16-5-7-18(8-6-16)31-23(24,25)26)14-20-22(30)28(10-9-27)11-12-29(20)21/h2-8,13-14H,9-12,27H2,1H3. The Hall–Kier alpha value is -3.26. The van der Waals surface area contributed by atoms with E-state index in [1.54, 1.807) is 17.0 Å². The summed E-state index contributed by atoms with van der Waals surface area (Å²) in [5.74, 6) is -0.392. The highest BCUT2D eigenvalue weighted by molar-refractivity contribution is 5.98. The Morgan fingerprint density at radius 1 is 1.03 bits per heavy atom. The molecular formula is C23H22F3N3O2. The minimum atomic E-state index is -4.75. The summed E-state index contributed by atoms with van der Waals surface area (Å²) in [6.07, 6.45) is -4.75. The largest absolute Gasteiger partial charge is 0.573 e. The first-order valence-electron chi connectivity index (χ1n) is 9.93. The predicted octanol–water partition coefficient (Wildman–Crippen LogP) is 4.44. The molecule has 0 unspecified atom stereocenters. The highest BCUT2D eigenvalue weighted by atomic mass is 19.4. The molecule has 0 fully saturated rings. The van der Waals surface area contributed by atoms with Crippen LogP contribution in [0.3, 0.4) is 0 Å². The molecule has 8 heteroatoms. The summed E-state index contributed by atoms with van der Waals surface area (Å²) in [4.78, 5) is 14.7. The molecule has 0 radical (unpaired) electrons. The molecule has 31 heavy (non-hydrogen) atoms. The second kappa shape index (κ2) is 8.11. The van der Waals surface area contributed by atoms with Crippen LogP contribution < -0.4 is 10.5 Å². The number of amides is 1. The van der Waals surface area contributed by atoms with Crippen LogP contribution in [0, 0.1) is 6.92 Å². The third-order valence-electron chi connectivity index (χ3n) is 5.29. The Bertz CT molecular complexity index is 1100. The van der Waals surface area contributed by atoms with E-state index in [1.165, 1.54) is 12.1 Å². The van der Waals surface area contributed by atoms with Gasteiger partial charge in [0.25, 0.3) is 5.91 Å². The lowest BCUT2D eigenvalue weighted by molar-refractivity contribution is -0.274. The van der Waals surface area contributed by atoms with Gasteiger partial charge in [-0.25, -0.2) is 0 Å². The summed E-state index contributed by atoms with van der Waals surface area (Å²) >= 11 is 0. The molecule has 0 atom stereocenters. The first-order valence-corrected chi connectivity index (χ1v) is 9.93. The molecule has 0 saturated carbocycles. The first kappa shape index (κ1) is 21.0. The number of aryl methyl sites for hydroxylation is 1. The van der Waals surface area contributed by atoms with Crippen LogP contribution in [0.4, 0.5) is 13.2 Å². The molecule has 1 amide bonds. The average Bonchev–Trinajstić information content (AvgIpc) is 3.10. The number of benzene rings is 2. The van der Waals surface area contributed by atoms with E-state index < -0.39 is 6.36 Å². The number of nitrogens with zero attached hydrogens (tertiary/aromatic N) is 2. The van der Waals surface area contributed by atoms with Gasteiger partial charge in [0.2, 0.25) is 0 Å². The van der Waals surface area contributed by atoms with Gasteiger partial charge < -0.3 is 19.9 Å². The summed E-state index contributed by atoms with van der Waals surface area (Å²) < 4.78 is 43.5. The first-order chi connectivity index (χ1) is 14.8. The lowest BCUT2D eigenvalue weighted by Gasteiger charge is -2.29. The number of aromatic nitrogens is 1. The molecular weight excluding hydrogens is 407 g/mol. The monoisotopic (exact) mass is 429 g/mol. The van der Waals surface area contributed by atoms with Crippen LogP contribution >= 0.6 is 0 Å². The quantitative estimate of drug-likeness (QED) is 0.652. The Kier molecular flexibility index (Phi) is 5.49. The van der Waals surface area contributed by atoms with E-state index in [4.69, 9.17) is 5.73 Å². The number of carbonyl (C=O) groups excluding carboxylic acids is 1. The van der Waals surface area contributed by atoms with Crippen molar-refractivity contribution < 1.29 is 22.7 Å². The van der Waals surface area contributed by atoms with Gasteiger partial charge in [-0.15, -0.1) is 13.2 Å². The van der Waals surface area contributed by atoms with Gasteiger partial charge in [-0.05, 0) is 42.3 Å². The minimum Gasteiger partial charge on any atom is -0.406 e. The number of carbonyl (C=O) groups is 1. The Morgan fingerprint density at radius 2 is 1.77 bits per heavy atom. The summed E-state index contributed by atoms with van der Waals surface area (Å²) in [7, 11) is 0. The predicted molar refractivity (Wildman–Crippen MR) is 112 cm³/mol. The van der Waals surface area contributed by atoms with Crippen LogP contribution in [0.2, 0.25) is 0 Å². The molecule has 1 aromatic heterocycles. The topological polar surface area (TPSA) is 60.5 Å². The number of fused-ring (bicyclic) bond motifs is 1. The molecule has 0 bridgehead atoms. The van der Waals surface area contributed by atoms with E-state index >= 15 is 0 Å². The maximum Gasteiger partial charge on any atom is 0.573 e. The molecule has 5 nitrogen and oxygen atoms in total. The van der Waals surface area contributed by atoms with E-state index in [9.17, 15) is 18.0 Å². The van der Waals surface area contributed by atoms with Gasteiger partial charge in [-0.2, -0.15) is 0 Å². The van der Waals surface area contributed by atoms with Gasteiger partial charge >= 0.3 is 6.36 Å². The fourth-order valence-corrected chi connectivity index (χ4v) is 3.97. The molecule has 4 rings (SSSR count). The molecule has 1 aliphatic rings. The number of hydrogen-bond donors (Lipinski definition) is 1. The fourth-order valence-electron chi connectivity index (χ4n) is 3.97. The van der Waals surface area contributed by atoms with Gasteiger partial charge in [0.15, 0.2) is 0 Å². The maximum atomic E-state index is 13.0. The van der Waals surface area contributed by atoms with Crippen LogP contribution in [0.25, 0.3) is 22.4 Å².